The number of fused-ring (bicyclic) bond motifs is 2. The first kappa shape index (κ1) is 23.2. The summed E-state index contributed by atoms with van der Waals surface area (Å²) in [6.45, 7) is 4.64. The molecule has 0 saturated heterocycles. The van der Waals surface area contributed by atoms with Crippen LogP contribution in [0.3, 0.4) is 0 Å². The van der Waals surface area contributed by atoms with Crippen LogP contribution in [0.4, 0.5) is 20.3 Å². The van der Waals surface area contributed by atoms with Gasteiger partial charge >= 0.3 is 13.4 Å². The molecule has 0 aliphatic carbocycles. The van der Waals surface area contributed by atoms with Gasteiger partial charge in [-0.2, -0.15) is 4.49 Å². The van der Waals surface area contributed by atoms with E-state index in [9.17, 15) is 8.78 Å². The molecular weight excluding hydrogens is 469 g/mol. The molecule has 3 aliphatic rings. The molecule has 9 heteroatoms. The van der Waals surface area contributed by atoms with Gasteiger partial charge in [0.05, 0.1) is 17.5 Å². The quantitative estimate of drug-likeness (QED) is 0.271. The number of nitrogen functional groups attached to an aromatic ring is 1. The number of benzene rings is 2. The number of anilines is 2. The van der Waals surface area contributed by atoms with Crippen molar-refractivity contribution in [3.63, 3.8) is 0 Å². The van der Waals surface area contributed by atoms with Crippen LogP contribution in [0.1, 0.15) is 37.1 Å². The fraction of sp³-hybridized carbons (Fsp3) is 0.179. The second kappa shape index (κ2) is 8.99. The summed E-state index contributed by atoms with van der Waals surface area (Å²) in [5, 5.41) is 8.05. The second-order valence-corrected chi connectivity index (χ2v) is 9.83. The number of nitrogens with one attached hydrogen (secondary N) is 1. The summed E-state index contributed by atoms with van der Waals surface area (Å²) >= 11 is 0. The van der Waals surface area contributed by atoms with E-state index in [2.05, 4.69) is 46.5 Å². The SMILES string of the molecule is CC(C)CC1=C[N+](C2=[N+]3[B]n4c(NCc5cc(F)cc(F)c5)ccc4C(c4ccc(N)cc4)=C3C=C2)=N1. The Morgan fingerprint density at radius 1 is 1.03 bits per heavy atom. The smallest absolute Gasteiger partial charge is 0.399 e. The highest BCUT2D eigenvalue weighted by Gasteiger charge is 2.44. The number of hydrogen-bond donors (Lipinski definition) is 2. The molecule has 0 amide bonds. The summed E-state index contributed by atoms with van der Waals surface area (Å²) in [6, 6.07) is 15.4. The highest BCUT2D eigenvalue weighted by Crippen LogP contribution is 2.36. The van der Waals surface area contributed by atoms with Crippen LogP contribution < -0.4 is 11.1 Å². The van der Waals surface area contributed by atoms with Gasteiger partial charge in [0.25, 0.3) is 0 Å². The standard InChI is InChI=1S/C28H26BF2N6/c1-17(2)11-23-16-35(34-23)27-10-8-25-28(19-3-5-22(32)6-4-19)24-7-9-26(36(24)29-37(25)27)33-15-18-12-20(30)14-21(31)13-18/h3-10,12-14,16-17,33H,11,15,32H2,1-2H3/q+2. The van der Waals surface area contributed by atoms with Crippen LogP contribution in [0.25, 0.3) is 5.57 Å². The van der Waals surface area contributed by atoms with E-state index in [1.807, 2.05) is 48.6 Å². The maximum atomic E-state index is 13.7. The van der Waals surface area contributed by atoms with Crippen molar-refractivity contribution < 1.29 is 18.0 Å². The van der Waals surface area contributed by atoms with Crippen LogP contribution in [-0.2, 0) is 6.54 Å². The molecule has 0 saturated carbocycles. The molecule has 3 aromatic rings. The van der Waals surface area contributed by atoms with Crippen molar-refractivity contribution in [1.29, 1.82) is 0 Å². The largest absolute Gasteiger partial charge is 0.706 e. The van der Waals surface area contributed by atoms with Crippen LogP contribution >= 0.6 is 0 Å². The Morgan fingerprint density at radius 2 is 1.76 bits per heavy atom. The molecular formula is C28H26BF2N6+2. The van der Waals surface area contributed by atoms with E-state index in [1.54, 1.807) is 0 Å². The van der Waals surface area contributed by atoms with Crippen molar-refractivity contribution in [3.05, 3.63) is 113 Å². The lowest BCUT2D eigenvalue weighted by atomic mass is 9.92. The Kier molecular flexibility index (Phi) is 5.63. The highest BCUT2D eigenvalue weighted by molar-refractivity contribution is 6.29. The number of amidine groups is 1. The molecule has 1 radical (unpaired) electrons. The number of hydrogen-bond acceptors (Lipinski definition) is 3. The van der Waals surface area contributed by atoms with E-state index in [0.717, 1.165) is 52.4 Å². The molecule has 3 aliphatic heterocycles. The number of rotatable bonds is 6. The lowest BCUT2D eigenvalue weighted by molar-refractivity contribution is -0.490. The number of azo groups is 2. The molecule has 37 heavy (non-hydrogen) atoms. The van der Waals surface area contributed by atoms with Gasteiger partial charge in [-0.1, -0.05) is 26.0 Å². The third-order valence-corrected chi connectivity index (χ3v) is 6.51. The summed E-state index contributed by atoms with van der Waals surface area (Å²) in [5.74, 6) is 1.08. The van der Waals surface area contributed by atoms with Gasteiger partial charge in [0.1, 0.15) is 11.6 Å². The van der Waals surface area contributed by atoms with Gasteiger partial charge in [0.2, 0.25) is 6.20 Å². The first-order valence-corrected chi connectivity index (χ1v) is 12.3. The van der Waals surface area contributed by atoms with Crippen molar-refractivity contribution in [2.24, 2.45) is 11.0 Å². The summed E-state index contributed by atoms with van der Waals surface area (Å²) in [6.07, 6.45) is 7.17. The monoisotopic (exact) mass is 495 g/mol. The normalized spacial score (nSPS) is 15.8. The Morgan fingerprint density at radius 3 is 2.46 bits per heavy atom. The number of halogens is 2. The Bertz CT molecular complexity index is 1550. The summed E-state index contributed by atoms with van der Waals surface area (Å²) in [5.41, 5.74) is 12.4. The molecule has 0 atom stereocenters. The van der Waals surface area contributed by atoms with Crippen LogP contribution in [0.2, 0.25) is 0 Å². The van der Waals surface area contributed by atoms with Gasteiger partial charge in [-0.15, -0.1) is 0 Å². The Hall–Kier alpha value is -4.27. The predicted octanol–water partition coefficient (Wildman–Crippen LogP) is 5.46. The van der Waals surface area contributed by atoms with E-state index in [4.69, 9.17) is 10.8 Å². The van der Waals surface area contributed by atoms with Gasteiger partial charge in [-0.25, -0.2) is 8.78 Å². The molecule has 0 fully saturated rings. The summed E-state index contributed by atoms with van der Waals surface area (Å²) in [7, 11) is 2.01. The van der Waals surface area contributed by atoms with Crippen molar-refractivity contribution in [1.82, 2.24) is 4.48 Å². The first-order valence-electron chi connectivity index (χ1n) is 12.3. The minimum absolute atomic E-state index is 0.275. The van der Waals surface area contributed by atoms with Gasteiger partial charge in [-0.05, 0) is 53.4 Å². The lowest BCUT2D eigenvalue weighted by Crippen LogP contribution is -2.35. The van der Waals surface area contributed by atoms with Crippen molar-refractivity contribution in [2.45, 2.75) is 26.8 Å². The van der Waals surface area contributed by atoms with E-state index in [0.29, 0.717) is 17.2 Å². The molecule has 183 valence electrons. The molecule has 0 unspecified atom stereocenters. The average molecular weight is 495 g/mol. The average Bonchev–Trinajstić information content (AvgIpc) is 3.42. The zero-order chi connectivity index (χ0) is 25.7. The third-order valence-electron chi connectivity index (χ3n) is 6.51. The van der Waals surface area contributed by atoms with E-state index >= 15 is 0 Å². The summed E-state index contributed by atoms with van der Waals surface area (Å²) < 4.78 is 33.5. The Labute approximate surface area is 214 Å². The predicted molar refractivity (Wildman–Crippen MR) is 141 cm³/mol. The van der Waals surface area contributed by atoms with Crippen LogP contribution in [-0.4, -0.2) is 27.0 Å². The molecule has 3 N–H and O–H groups in total. The van der Waals surface area contributed by atoms with Crippen molar-refractivity contribution in [3.8, 4) is 0 Å². The molecule has 0 bridgehead atoms. The lowest BCUT2D eigenvalue weighted by Gasteiger charge is -2.19. The zero-order valence-corrected chi connectivity index (χ0v) is 20.6. The third kappa shape index (κ3) is 4.30. The van der Waals surface area contributed by atoms with Crippen molar-refractivity contribution >= 4 is 30.5 Å². The van der Waals surface area contributed by atoms with Gasteiger partial charge in [0.15, 0.2) is 11.4 Å². The summed E-state index contributed by atoms with van der Waals surface area (Å²) in [4.78, 5) is 0. The van der Waals surface area contributed by atoms with Crippen LogP contribution in [0.15, 0.2) is 89.5 Å². The van der Waals surface area contributed by atoms with E-state index in [-0.39, 0.29) is 6.54 Å². The minimum Gasteiger partial charge on any atom is -0.399 e. The second-order valence-electron chi connectivity index (χ2n) is 9.83. The number of allylic oxidation sites excluding steroid dienone is 2. The number of aromatic nitrogens is 1. The maximum absolute atomic E-state index is 13.7. The topological polar surface area (TPSA) is 61.4 Å². The van der Waals surface area contributed by atoms with Crippen LogP contribution in [0, 0.1) is 17.6 Å². The number of nitrogens with two attached hydrogens (primary N) is 1. The maximum Gasteiger partial charge on any atom is 0.706 e. The van der Waals surface area contributed by atoms with Gasteiger partial charge in [0, 0.05) is 46.3 Å². The van der Waals surface area contributed by atoms with E-state index < -0.39 is 11.6 Å². The molecule has 6 rings (SSSR count). The van der Waals surface area contributed by atoms with Gasteiger partial charge in [-0.3, -0.25) is 0 Å². The zero-order valence-electron chi connectivity index (χ0n) is 20.6. The fourth-order valence-corrected chi connectivity index (χ4v) is 4.88. The van der Waals surface area contributed by atoms with Crippen molar-refractivity contribution in [2.75, 3.05) is 11.1 Å². The fourth-order valence-electron chi connectivity index (χ4n) is 4.88. The van der Waals surface area contributed by atoms with Gasteiger partial charge < -0.3 is 15.5 Å². The number of nitrogens with zero attached hydrogens (tertiary/aromatic N) is 4. The Balaban J connectivity index is 1.39. The molecule has 2 aromatic carbocycles. The van der Waals surface area contributed by atoms with E-state index in [1.165, 1.54) is 12.1 Å². The minimum atomic E-state index is -0.593. The highest BCUT2D eigenvalue weighted by atomic mass is 19.1. The molecule has 0 spiro atoms. The molecule has 4 heterocycles. The van der Waals surface area contributed by atoms with Crippen LogP contribution in [0.5, 0.6) is 0 Å². The molecule has 1 aromatic heterocycles. The molecule has 6 nitrogen and oxygen atoms in total. The first-order chi connectivity index (χ1) is 17.9.